The second-order valence-electron chi connectivity index (χ2n) is 6.89. The molecule has 0 N–H and O–H groups in total. The van der Waals surface area contributed by atoms with E-state index in [4.69, 9.17) is 4.42 Å². The molecule has 2 atom stereocenters. The first-order valence-electron chi connectivity index (χ1n) is 8.50. The fourth-order valence-electron chi connectivity index (χ4n) is 3.85. The number of aryl methyl sites for hydroxylation is 2. The smallest absolute Gasteiger partial charge is 0.336 e. The molecule has 5 nitrogen and oxygen atoms in total. The van der Waals surface area contributed by atoms with Gasteiger partial charge in [-0.25, -0.2) is 4.79 Å². The number of carbonyl (C=O) groups excluding carboxylic acids is 2. The topological polar surface area (TPSA) is 67.6 Å². The number of imide groups is 1. The lowest BCUT2D eigenvalue weighted by atomic mass is 9.85. The molecule has 0 spiro atoms. The summed E-state index contributed by atoms with van der Waals surface area (Å²) in [6, 6.07) is 5.23. The number of allylic oxidation sites excluding steroid dienone is 2. The van der Waals surface area contributed by atoms with Crippen LogP contribution in [0.4, 0.5) is 0 Å². The Kier molecular flexibility index (Phi) is 3.60. The van der Waals surface area contributed by atoms with Crippen LogP contribution < -0.4 is 5.63 Å². The van der Waals surface area contributed by atoms with Gasteiger partial charge in [0.15, 0.2) is 0 Å². The van der Waals surface area contributed by atoms with E-state index in [1.807, 2.05) is 38.1 Å². The molecule has 1 aliphatic carbocycles. The highest BCUT2D eigenvalue weighted by Gasteiger charge is 2.47. The summed E-state index contributed by atoms with van der Waals surface area (Å²) in [5.74, 6) is -0.783. The van der Waals surface area contributed by atoms with E-state index in [0.29, 0.717) is 24.0 Å². The van der Waals surface area contributed by atoms with E-state index < -0.39 is 5.63 Å². The van der Waals surface area contributed by atoms with Gasteiger partial charge in [0, 0.05) is 11.5 Å². The van der Waals surface area contributed by atoms with Crippen LogP contribution in [0.3, 0.4) is 0 Å². The van der Waals surface area contributed by atoms with Gasteiger partial charge in [-0.15, -0.1) is 0 Å². The van der Waals surface area contributed by atoms with E-state index in [-0.39, 0.29) is 30.2 Å². The normalized spacial score (nSPS) is 22.7. The average molecular weight is 337 g/mol. The second-order valence-corrected chi connectivity index (χ2v) is 6.89. The minimum Gasteiger partial charge on any atom is -0.422 e. The van der Waals surface area contributed by atoms with E-state index in [2.05, 4.69) is 0 Å². The van der Waals surface area contributed by atoms with Crippen molar-refractivity contribution in [2.75, 3.05) is 0 Å². The van der Waals surface area contributed by atoms with Crippen molar-refractivity contribution in [3.05, 3.63) is 57.5 Å². The van der Waals surface area contributed by atoms with Crippen molar-refractivity contribution in [2.24, 2.45) is 11.8 Å². The van der Waals surface area contributed by atoms with Crippen LogP contribution in [-0.4, -0.2) is 16.7 Å². The van der Waals surface area contributed by atoms with E-state index in [9.17, 15) is 14.4 Å². The van der Waals surface area contributed by atoms with Crippen LogP contribution in [0.25, 0.3) is 11.0 Å². The van der Waals surface area contributed by atoms with Crippen LogP contribution in [0.5, 0.6) is 0 Å². The highest BCUT2D eigenvalue weighted by atomic mass is 16.4. The molecular formula is C20H19NO4. The number of carbonyl (C=O) groups is 2. The van der Waals surface area contributed by atoms with Gasteiger partial charge in [0.1, 0.15) is 5.58 Å². The molecule has 1 aromatic heterocycles. The van der Waals surface area contributed by atoms with Gasteiger partial charge < -0.3 is 4.42 Å². The lowest BCUT2D eigenvalue weighted by Crippen LogP contribution is -2.31. The molecule has 2 aromatic rings. The Morgan fingerprint density at radius 3 is 2.32 bits per heavy atom. The molecule has 25 heavy (non-hydrogen) atoms. The van der Waals surface area contributed by atoms with E-state index >= 15 is 0 Å². The molecule has 1 aromatic carbocycles. The van der Waals surface area contributed by atoms with Crippen molar-refractivity contribution in [1.82, 2.24) is 4.90 Å². The number of hydrogen-bond donors (Lipinski definition) is 0. The number of nitrogens with zero attached hydrogens (tertiary/aromatic N) is 1. The summed E-state index contributed by atoms with van der Waals surface area (Å²) >= 11 is 0. The fourth-order valence-corrected chi connectivity index (χ4v) is 3.85. The molecular weight excluding hydrogens is 318 g/mol. The van der Waals surface area contributed by atoms with Gasteiger partial charge in [-0.2, -0.15) is 0 Å². The molecule has 2 aliphatic rings. The van der Waals surface area contributed by atoms with Crippen LogP contribution in [0.1, 0.15) is 29.5 Å². The summed E-state index contributed by atoms with van der Waals surface area (Å²) in [7, 11) is 0. The average Bonchev–Trinajstić information content (AvgIpc) is 2.84. The van der Waals surface area contributed by atoms with Crippen molar-refractivity contribution in [2.45, 2.75) is 33.2 Å². The third-order valence-corrected chi connectivity index (χ3v) is 5.44. The minimum atomic E-state index is -0.464. The van der Waals surface area contributed by atoms with Crippen LogP contribution >= 0.6 is 0 Å². The summed E-state index contributed by atoms with van der Waals surface area (Å²) in [6.45, 7) is 3.97. The van der Waals surface area contributed by atoms with E-state index in [1.165, 1.54) is 11.0 Å². The molecule has 1 saturated heterocycles. The third kappa shape index (κ3) is 2.42. The number of rotatable bonds is 2. The van der Waals surface area contributed by atoms with Crippen molar-refractivity contribution in [1.29, 1.82) is 0 Å². The molecule has 128 valence electrons. The number of hydrogen-bond acceptors (Lipinski definition) is 4. The molecule has 4 rings (SSSR count). The lowest BCUT2D eigenvalue weighted by molar-refractivity contribution is -0.140. The van der Waals surface area contributed by atoms with Gasteiger partial charge in [0.2, 0.25) is 11.8 Å². The summed E-state index contributed by atoms with van der Waals surface area (Å²) in [6.07, 6.45) is 5.16. The zero-order chi connectivity index (χ0) is 17.7. The summed E-state index contributed by atoms with van der Waals surface area (Å²) in [4.78, 5) is 38.6. The first-order valence-corrected chi connectivity index (χ1v) is 8.50. The molecule has 0 unspecified atom stereocenters. The zero-order valence-corrected chi connectivity index (χ0v) is 14.2. The largest absolute Gasteiger partial charge is 0.422 e. The highest BCUT2D eigenvalue weighted by Crippen LogP contribution is 2.36. The van der Waals surface area contributed by atoms with Crippen molar-refractivity contribution >= 4 is 22.8 Å². The van der Waals surface area contributed by atoms with Gasteiger partial charge in [-0.3, -0.25) is 14.5 Å². The number of benzene rings is 1. The monoisotopic (exact) mass is 337 g/mol. The zero-order valence-electron chi connectivity index (χ0n) is 14.2. The number of fused-ring (bicyclic) bond motifs is 2. The lowest BCUT2D eigenvalue weighted by Gasteiger charge is -2.16. The molecule has 2 amide bonds. The molecule has 2 heterocycles. The van der Waals surface area contributed by atoms with Crippen molar-refractivity contribution in [3.63, 3.8) is 0 Å². The van der Waals surface area contributed by atoms with Gasteiger partial charge >= 0.3 is 5.63 Å². The maximum Gasteiger partial charge on any atom is 0.336 e. The maximum absolute atomic E-state index is 12.7. The molecule has 0 saturated carbocycles. The Morgan fingerprint density at radius 2 is 1.68 bits per heavy atom. The van der Waals surface area contributed by atoms with Crippen molar-refractivity contribution < 1.29 is 14.0 Å². The van der Waals surface area contributed by atoms with Gasteiger partial charge in [0.25, 0.3) is 0 Å². The summed E-state index contributed by atoms with van der Waals surface area (Å²) in [5, 5.41) is 0.774. The Bertz CT molecular complexity index is 959. The third-order valence-electron chi connectivity index (χ3n) is 5.44. The summed E-state index contributed by atoms with van der Waals surface area (Å²) < 4.78 is 5.37. The molecule has 1 aliphatic heterocycles. The highest BCUT2D eigenvalue weighted by molar-refractivity contribution is 6.05. The molecule has 1 fully saturated rings. The molecule has 0 bridgehead atoms. The van der Waals surface area contributed by atoms with Crippen LogP contribution in [0, 0.1) is 25.7 Å². The maximum atomic E-state index is 12.7. The second kappa shape index (κ2) is 5.69. The van der Waals surface area contributed by atoms with Crippen molar-refractivity contribution in [3.8, 4) is 0 Å². The summed E-state index contributed by atoms with van der Waals surface area (Å²) in [5.41, 5.74) is 2.64. The van der Waals surface area contributed by atoms with Crippen LogP contribution in [-0.2, 0) is 16.1 Å². The molecule has 5 heteroatoms. The Hall–Kier alpha value is -2.69. The van der Waals surface area contributed by atoms with E-state index in [1.54, 1.807) is 0 Å². The first-order chi connectivity index (χ1) is 12.0. The van der Waals surface area contributed by atoms with Gasteiger partial charge in [-0.1, -0.05) is 24.3 Å². The van der Waals surface area contributed by atoms with Gasteiger partial charge in [0.05, 0.1) is 18.4 Å². The van der Waals surface area contributed by atoms with E-state index in [0.717, 1.165) is 16.5 Å². The SMILES string of the molecule is Cc1ccc2c(CN3C(=O)[C@H]4CC=CC[C@@H]4C3=O)cc(=O)oc2c1C. The predicted octanol–water partition coefficient (Wildman–Crippen LogP) is 2.86. The standard InChI is InChI=1S/C20H19NO4/c1-11-7-8-14-13(9-17(22)25-18(14)12(11)2)10-21-19(23)15-5-3-4-6-16(15)20(21)24/h3-4,7-9,15-16H,5-6,10H2,1-2H3/t15-,16-/m0/s1. The first kappa shape index (κ1) is 15.8. The van der Waals surface area contributed by atoms with Gasteiger partial charge in [-0.05, 0) is 43.4 Å². The van der Waals surface area contributed by atoms with Crippen LogP contribution in [0.15, 0.2) is 39.6 Å². The fraction of sp³-hybridized carbons (Fsp3) is 0.350. The Balaban J connectivity index is 1.77. The number of likely N-dealkylation sites (tertiary alicyclic amines) is 1. The predicted molar refractivity (Wildman–Crippen MR) is 92.9 cm³/mol. The molecule has 0 radical (unpaired) electrons. The Morgan fingerprint density at radius 1 is 1.04 bits per heavy atom. The Labute approximate surface area is 144 Å². The quantitative estimate of drug-likeness (QED) is 0.480. The minimum absolute atomic E-state index is 0.120. The number of amides is 2. The van der Waals surface area contributed by atoms with Crippen LogP contribution in [0.2, 0.25) is 0 Å².